The molecule has 15 heavy (non-hydrogen) atoms. The van der Waals surface area contributed by atoms with Gasteiger partial charge in [-0.2, -0.15) is 0 Å². The van der Waals surface area contributed by atoms with Gasteiger partial charge in [0, 0.05) is 25.9 Å². The normalized spacial score (nSPS) is 10.9. The molecule has 1 aromatic rings. The predicted molar refractivity (Wildman–Crippen MR) is 61.3 cm³/mol. The van der Waals surface area contributed by atoms with E-state index in [2.05, 4.69) is 16.8 Å². The molecule has 1 heterocycles. The molecule has 0 aromatic carbocycles. The third-order valence-corrected chi connectivity index (χ3v) is 2.33. The van der Waals surface area contributed by atoms with Gasteiger partial charge in [0.1, 0.15) is 5.82 Å². The monoisotopic (exact) mass is 209 g/mol. The highest BCUT2D eigenvalue weighted by Crippen LogP contribution is 2.07. The summed E-state index contributed by atoms with van der Waals surface area (Å²) in [5.74, 6) is 0.561. The van der Waals surface area contributed by atoms with Gasteiger partial charge < -0.3 is 10.8 Å². The summed E-state index contributed by atoms with van der Waals surface area (Å²) in [4.78, 5) is 6.22. The molecule has 0 fully saturated rings. The molecule has 0 bridgehead atoms. The van der Waals surface area contributed by atoms with Crippen LogP contribution in [0.15, 0.2) is 18.3 Å². The lowest BCUT2D eigenvalue weighted by atomic mass is 10.2. The lowest BCUT2D eigenvalue weighted by Crippen LogP contribution is -2.24. The minimum atomic E-state index is 0.245. The molecule has 4 heteroatoms. The molecule has 0 aliphatic heterocycles. The van der Waals surface area contributed by atoms with E-state index in [9.17, 15) is 0 Å². The van der Waals surface area contributed by atoms with Crippen LogP contribution in [0.2, 0.25) is 0 Å². The first kappa shape index (κ1) is 11.9. The van der Waals surface area contributed by atoms with E-state index in [0.29, 0.717) is 5.82 Å². The molecule has 0 saturated heterocycles. The van der Waals surface area contributed by atoms with E-state index < -0.39 is 0 Å². The quantitative estimate of drug-likeness (QED) is 0.729. The van der Waals surface area contributed by atoms with Gasteiger partial charge in [0.05, 0.1) is 0 Å². The van der Waals surface area contributed by atoms with Gasteiger partial charge >= 0.3 is 0 Å². The Morgan fingerprint density at radius 3 is 2.93 bits per heavy atom. The highest BCUT2D eigenvalue weighted by molar-refractivity contribution is 5.31. The number of nitrogens with zero attached hydrogens (tertiary/aromatic N) is 2. The first-order valence-corrected chi connectivity index (χ1v) is 5.30. The van der Waals surface area contributed by atoms with Gasteiger partial charge in [-0.3, -0.25) is 4.90 Å². The maximum atomic E-state index is 8.76. The topological polar surface area (TPSA) is 62.4 Å². The number of hydrogen-bond acceptors (Lipinski definition) is 4. The second kappa shape index (κ2) is 6.37. The number of hydrogen-bond donors (Lipinski definition) is 2. The van der Waals surface area contributed by atoms with Crippen LogP contribution in [-0.4, -0.2) is 34.7 Å². The Morgan fingerprint density at radius 1 is 1.53 bits per heavy atom. The molecule has 0 aliphatic carbocycles. The minimum Gasteiger partial charge on any atom is -0.396 e. The molecule has 84 valence electrons. The number of nitrogen functional groups attached to an aromatic ring is 1. The lowest BCUT2D eigenvalue weighted by Gasteiger charge is -2.19. The van der Waals surface area contributed by atoms with Crippen LogP contribution in [0.25, 0.3) is 0 Å². The van der Waals surface area contributed by atoms with E-state index in [0.717, 1.165) is 26.1 Å². The number of aliphatic hydroxyl groups is 1. The summed E-state index contributed by atoms with van der Waals surface area (Å²) in [7, 11) is 0. The first-order chi connectivity index (χ1) is 7.26. The van der Waals surface area contributed by atoms with Crippen molar-refractivity contribution in [1.82, 2.24) is 9.88 Å². The Kier molecular flexibility index (Phi) is 5.07. The lowest BCUT2D eigenvalue weighted by molar-refractivity contribution is 0.225. The van der Waals surface area contributed by atoms with Gasteiger partial charge in [0.2, 0.25) is 0 Å². The summed E-state index contributed by atoms with van der Waals surface area (Å²) < 4.78 is 0. The Labute approximate surface area is 90.7 Å². The summed E-state index contributed by atoms with van der Waals surface area (Å²) in [5.41, 5.74) is 6.78. The standard InChI is InChI=1S/C11H19N3O/c1-2-14(6-3-7-15)9-10-4-5-13-11(12)8-10/h4-5,8,15H,2-3,6-7,9H2,1H3,(H2,12,13). The van der Waals surface area contributed by atoms with Crippen LogP contribution in [0, 0.1) is 0 Å². The van der Waals surface area contributed by atoms with Crippen molar-refractivity contribution in [3.8, 4) is 0 Å². The van der Waals surface area contributed by atoms with Crippen LogP contribution < -0.4 is 5.73 Å². The highest BCUT2D eigenvalue weighted by Gasteiger charge is 2.03. The van der Waals surface area contributed by atoms with Crippen molar-refractivity contribution in [2.24, 2.45) is 0 Å². The third-order valence-electron chi connectivity index (χ3n) is 2.33. The summed E-state index contributed by atoms with van der Waals surface area (Å²) in [5, 5.41) is 8.76. The third kappa shape index (κ3) is 4.27. The molecule has 0 atom stereocenters. The van der Waals surface area contributed by atoms with Crippen molar-refractivity contribution in [1.29, 1.82) is 0 Å². The van der Waals surface area contributed by atoms with Crippen LogP contribution in [0.4, 0.5) is 5.82 Å². The summed E-state index contributed by atoms with van der Waals surface area (Å²) in [6.45, 7) is 5.11. The fourth-order valence-electron chi connectivity index (χ4n) is 1.49. The molecule has 1 aromatic heterocycles. The largest absolute Gasteiger partial charge is 0.396 e. The number of aliphatic hydroxyl groups excluding tert-OH is 1. The maximum absolute atomic E-state index is 8.76. The average molecular weight is 209 g/mol. The van der Waals surface area contributed by atoms with E-state index in [1.807, 2.05) is 12.1 Å². The molecule has 0 aliphatic rings. The van der Waals surface area contributed by atoms with Crippen LogP contribution in [0.3, 0.4) is 0 Å². The zero-order valence-corrected chi connectivity index (χ0v) is 9.19. The Bertz CT molecular complexity index is 291. The number of pyridine rings is 1. The average Bonchev–Trinajstić information content (AvgIpc) is 2.24. The van der Waals surface area contributed by atoms with Gasteiger partial charge in [-0.25, -0.2) is 4.98 Å². The van der Waals surface area contributed by atoms with Crippen molar-refractivity contribution in [2.75, 3.05) is 25.4 Å². The van der Waals surface area contributed by atoms with Gasteiger partial charge in [0.25, 0.3) is 0 Å². The molecule has 0 spiro atoms. The van der Waals surface area contributed by atoms with Crippen molar-refractivity contribution in [3.63, 3.8) is 0 Å². The Balaban J connectivity index is 2.50. The van der Waals surface area contributed by atoms with Gasteiger partial charge in [-0.15, -0.1) is 0 Å². The zero-order valence-electron chi connectivity index (χ0n) is 9.19. The summed E-state index contributed by atoms with van der Waals surface area (Å²) in [6, 6.07) is 3.86. The summed E-state index contributed by atoms with van der Waals surface area (Å²) >= 11 is 0. The predicted octanol–water partition coefficient (Wildman–Crippen LogP) is 0.868. The zero-order chi connectivity index (χ0) is 11.1. The molecule has 3 N–H and O–H groups in total. The number of nitrogens with two attached hydrogens (primary N) is 1. The van der Waals surface area contributed by atoms with Crippen LogP contribution >= 0.6 is 0 Å². The molecular formula is C11H19N3O. The maximum Gasteiger partial charge on any atom is 0.123 e. The van der Waals surface area contributed by atoms with E-state index in [4.69, 9.17) is 10.8 Å². The molecular weight excluding hydrogens is 190 g/mol. The minimum absolute atomic E-state index is 0.245. The van der Waals surface area contributed by atoms with E-state index in [-0.39, 0.29) is 6.61 Å². The smallest absolute Gasteiger partial charge is 0.123 e. The van der Waals surface area contributed by atoms with Gasteiger partial charge in [-0.05, 0) is 30.7 Å². The molecule has 0 saturated carbocycles. The van der Waals surface area contributed by atoms with Crippen LogP contribution in [0.1, 0.15) is 18.9 Å². The van der Waals surface area contributed by atoms with E-state index in [1.54, 1.807) is 6.20 Å². The molecule has 0 unspecified atom stereocenters. The number of anilines is 1. The fourth-order valence-corrected chi connectivity index (χ4v) is 1.49. The van der Waals surface area contributed by atoms with Crippen molar-refractivity contribution in [3.05, 3.63) is 23.9 Å². The van der Waals surface area contributed by atoms with Crippen LogP contribution in [0.5, 0.6) is 0 Å². The first-order valence-electron chi connectivity index (χ1n) is 5.30. The fraction of sp³-hybridized carbons (Fsp3) is 0.545. The van der Waals surface area contributed by atoms with Gasteiger partial charge in [0.15, 0.2) is 0 Å². The number of aromatic nitrogens is 1. The second-order valence-corrected chi connectivity index (χ2v) is 3.53. The van der Waals surface area contributed by atoms with Gasteiger partial charge in [-0.1, -0.05) is 6.92 Å². The van der Waals surface area contributed by atoms with E-state index >= 15 is 0 Å². The molecule has 0 amide bonds. The van der Waals surface area contributed by atoms with E-state index in [1.165, 1.54) is 5.56 Å². The number of rotatable bonds is 6. The van der Waals surface area contributed by atoms with Crippen molar-refractivity contribution >= 4 is 5.82 Å². The SMILES string of the molecule is CCN(CCCO)Cc1ccnc(N)c1. The molecule has 0 radical (unpaired) electrons. The van der Waals surface area contributed by atoms with Crippen LogP contribution in [-0.2, 0) is 6.54 Å². The Hall–Kier alpha value is -1.13. The highest BCUT2D eigenvalue weighted by atomic mass is 16.3. The summed E-state index contributed by atoms with van der Waals surface area (Å²) in [6.07, 6.45) is 2.54. The Morgan fingerprint density at radius 2 is 2.33 bits per heavy atom. The molecule has 4 nitrogen and oxygen atoms in total. The second-order valence-electron chi connectivity index (χ2n) is 3.53. The van der Waals surface area contributed by atoms with Crippen molar-refractivity contribution in [2.45, 2.75) is 19.9 Å². The van der Waals surface area contributed by atoms with Crippen molar-refractivity contribution < 1.29 is 5.11 Å². The molecule has 1 rings (SSSR count).